The van der Waals surface area contributed by atoms with Crippen molar-refractivity contribution in [3.05, 3.63) is 22.8 Å². The summed E-state index contributed by atoms with van der Waals surface area (Å²) < 4.78 is 31.7. The number of carboxylic acid groups (broad SMARTS) is 2. The Kier molecular flexibility index (Phi) is 8.13. The number of nitrogens with zero attached hydrogens (tertiary/aromatic N) is 2. The van der Waals surface area contributed by atoms with E-state index in [4.69, 9.17) is 32.3 Å². The van der Waals surface area contributed by atoms with Gasteiger partial charge >= 0.3 is 18.1 Å². The number of likely N-dealkylation sites (N-methyl/N-ethyl adjacent to an activating group) is 1. The van der Waals surface area contributed by atoms with Crippen molar-refractivity contribution in [2.45, 2.75) is 26.1 Å². The Morgan fingerprint density at radius 1 is 1.32 bits per heavy atom. The number of carbonyl (C=O) groups is 3. The van der Waals surface area contributed by atoms with E-state index >= 15 is 0 Å². The number of hydrogen-bond acceptors (Lipinski definition) is 5. The van der Waals surface area contributed by atoms with Crippen molar-refractivity contribution in [2.24, 2.45) is 0 Å². The van der Waals surface area contributed by atoms with Gasteiger partial charge in [0.05, 0.1) is 0 Å². The Morgan fingerprint density at radius 3 is 2.12 bits per heavy atom. The third kappa shape index (κ3) is 7.25. The van der Waals surface area contributed by atoms with E-state index in [-0.39, 0.29) is 23.1 Å². The van der Waals surface area contributed by atoms with Crippen LogP contribution in [0, 0.1) is 0 Å². The third-order valence-electron chi connectivity index (χ3n) is 2.73. The second-order valence-corrected chi connectivity index (χ2v) is 4.90. The Bertz CT molecular complexity index is 634. The molecule has 4 N–H and O–H groups in total. The van der Waals surface area contributed by atoms with Crippen LogP contribution in [0.25, 0.3) is 0 Å². The number of nitrogens with two attached hydrogens (primary N) is 1. The standard InChI is InChI=1S/C11H14ClN3O3.C2HF3O2/c1-3-15(6(2)11(17)18)10(16)7-4-8(12)14-9(13)5-7;3-2(4,5)1(6)7/h4-6H,3H2,1-2H3,(H2,13,14)(H,17,18);(H,6,7). The van der Waals surface area contributed by atoms with Crippen LogP contribution in [0.3, 0.4) is 0 Å². The molecule has 1 aromatic rings. The van der Waals surface area contributed by atoms with E-state index in [0.717, 1.165) is 0 Å². The molecule has 1 aromatic heterocycles. The fourth-order valence-electron chi connectivity index (χ4n) is 1.53. The number of pyridine rings is 1. The number of amides is 1. The molecule has 8 nitrogen and oxygen atoms in total. The number of carboxylic acids is 2. The minimum absolute atomic E-state index is 0.0948. The molecule has 0 radical (unpaired) electrons. The summed E-state index contributed by atoms with van der Waals surface area (Å²) in [6.45, 7) is 3.41. The van der Waals surface area contributed by atoms with Gasteiger partial charge in [0.25, 0.3) is 5.91 Å². The maximum atomic E-state index is 12.1. The number of alkyl halides is 3. The van der Waals surface area contributed by atoms with Gasteiger partial charge in [-0.25, -0.2) is 14.6 Å². The van der Waals surface area contributed by atoms with Gasteiger partial charge in [0.1, 0.15) is 17.0 Å². The predicted molar refractivity (Wildman–Crippen MR) is 81.2 cm³/mol. The highest BCUT2D eigenvalue weighted by molar-refractivity contribution is 6.29. The molecule has 25 heavy (non-hydrogen) atoms. The van der Waals surface area contributed by atoms with Crippen molar-refractivity contribution >= 4 is 35.3 Å². The zero-order valence-electron chi connectivity index (χ0n) is 13.0. The van der Waals surface area contributed by atoms with Gasteiger partial charge in [-0.05, 0) is 26.0 Å². The Balaban J connectivity index is 0.000000697. The maximum absolute atomic E-state index is 12.1. The molecule has 1 atom stereocenters. The van der Waals surface area contributed by atoms with Crippen LogP contribution in [-0.4, -0.2) is 56.7 Å². The zero-order chi connectivity index (χ0) is 19.9. The minimum Gasteiger partial charge on any atom is -0.480 e. The zero-order valence-corrected chi connectivity index (χ0v) is 13.8. The third-order valence-corrected chi connectivity index (χ3v) is 2.92. The lowest BCUT2D eigenvalue weighted by Crippen LogP contribution is -2.43. The Labute approximate surface area is 145 Å². The van der Waals surface area contributed by atoms with Crippen molar-refractivity contribution in [2.75, 3.05) is 12.3 Å². The summed E-state index contributed by atoms with van der Waals surface area (Å²) in [6.07, 6.45) is -5.08. The first-order valence-corrected chi connectivity index (χ1v) is 6.96. The number of aromatic nitrogens is 1. The number of halogens is 4. The molecule has 1 rings (SSSR count). The van der Waals surface area contributed by atoms with Gasteiger partial charge in [-0.3, -0.25) is 4.79 Å². The van der Waals surface area contributed by atoms with Crippen LogP contribution in [0.5, 0.6) is 0 Å². The monoisotopic (exact) mass is 385 g/mol. The van der Waals surface area contributed by atoms with Gasteiger partial charge in [0.2, 0.25) is 0 Å². The molecule has 0 aliphatic carbocycles. The van der Waals surface area contributed by atoms with Gasteiger partial charge in [-0.2, -0.15) is 13.2 Å². The molecule has 12 heteroatoms. The van der Waals surface area contributed by atoms with Crippen LogP contribution >= 0.6 is 11.6 Å². The normalized spacial score (nSPS) is 11.8. The van der Waals surface area contributed by atoms with Crippen LogP contribution in [0.1, 0.15) is 24.2 Å². The highest BCUT2D eigenvalue weighted by atomic mass is 35.5. The van der Waals surface area contributed by atoms with Crippen LogP contribution in [-0.2, 0) is 9.59 Å². The average molecular weight is 386 g/mol. The number of hydrogen-bond donors (Lipinski definition) is 3. The molecule has 0 bridgehead atoms. The first-order chi connectivity index (χ1) is 11.3. The highest BCUT2D eigenvalue weighted by Gasteiger charge is 2.38. The summed E-state index contributed by atoms with van der Waals surface area (Å²) in [6, 6.07) is 1.80. The summed E-state index contributed by atoms with van der Waals surface area (Å²) in [4.78, 5) is 36.9. The molecule has 0 fully saturated rings. The summed E-state index contributed by atoms with van der Waals surface area (Å²) in [5.74, 6) is -4.15. The minimum atomic E-state index is -5.08. The molecule has 0 aliphatic heterocycles. The number of nitrogen functional groups attached to an aromatic ring is 1. The summed E-state index contributed by atoms with van der Waals surface area (Å²) in [7, 11) is 0. The quantitative estimate of drug-likeness (QED) is 0.673. The first-order valence-electron chi connectivity index (χ1n) is 6.58. The summed E-state index contributed by atoms with van der Waals surface area (Å²) >= 11 is 5.71. The van der Waals surface area contributed by atoms with E-state index in [2.05, 4.69) is 4.98 Å². The largest absolute Gasteiger partial charge is 0.490 e. The second-order valence-electron chi connectivity index (χ2n) is 4.51. The molecule has 1 heterocycles. The van der Waals surface area contributed by atoms with Gasteiger partial charge < -0.3 is 20.8 Å². The number of anilines is 1. The van der Waals surface area contributed by atoms with Crippen LogP contribution in [0.15, 0.2) is 12.1 Å². The maximum Gasteiger partial charge on any atom is 0.490 e. The average Bonchev–Trinajstić information content (AvgIpc) is 2.46. The van der Waals surface area contributed by atoms with Gasteiger partial charge in [-0.1, -0.05) is 11.6 Å². The molecule has 140 valence electrons. The lowest BCUT2D eigenvalue weighted by molar-refractivity contribution is -0.192. The van der Waals surface area contributed by atoms with Crippen molar-refractivity contribution in [3.63, 3.8) is 0 Å². The molecule has 0 aromatic carbocycles. The molecule has 0 saturated carbocycles. The smallest absolute Gasteiger partial charge is 0.480 e. The Morgan fingerprint density at radius 2 is 1.80 bits per heavy atom. The van der Waals surface area contributed by atoms with E-state index < -0.39 is 30.1 Å². The van der Waals surface area contributed by atoms with Crippen molar-refractivity contribution in [1.29, 1.82) is 0 Å². The van der Waals surface area contributed by atoms with E-state index in [1.807, 2.05) is 0 Å². The molecular weight excluding hydrogens is 371 g/mol. The second kappa shape index (κ2) is 9.06. The van der Waals surface area contributed by atoms with Gasteiger partial charge in [-0.15, -0.1) is 0 Å². The van der Waals surface area contributed by atoms with Gasteiger partial charge in [0, 0.05) is 12.1 Å². The fraction of sp³-hybridized carbons (Fsp3) is 0.385. The van der Waals surface area contributed by atoms with Crippen LogP contribution in [0.2, 0.25) is 5.15 Å². The van der Waals surface area contributed by atoms with E-state index in [1.54, 1.807) is 6.92 Å². The van der Waals surface area contributed by atoms with E-state index in [0.29, 0.717) is 0 Å². The van der Waals surface area contributed by atoms with Crippen LogP contribution < -0.4 is 5.73 Å². The molecular formula is C13H15ClF3N3O5. The van der Waals surface area contributed by atoms with E-state index in [1.165, 1.54) is 24.0 Å². The molecule has 0 saturated heterocycles. The Hall–Kier alpha value is -2.56. The van der Waals surface area contributed by atoms with Crippen molar-refractivity contribution in [1.82, 2.24) is 9.88 Å². The SMILES string of the molecule is CCN(C(=O)c1cc(N)nc(Cl)c1)C(C)C(=O)O.O=C(O)C(F)(F)F. The lowest BCUT2D eigenvalue weighted by Gasteiger charge is -2.25. The molecule has 0 spiro atoms. The number of rotatable bonds is 4. The summed E-state index contributed by atoms with van der Waals surface area (Å²) in [5, 5.41) is 16.2. The van der Waals surface area contributed by atoms with Gasteiger partial charge in [0.15, 0.2) is 0 Å². The van der Waals surface area contributed by atoms with Crippen molar-refractivity contribution < 1.29 is 37.8 Å². The number of carbonyl (C=O) groups excluding carboxylic acids is 1. The fourth-order valence-corrected chi connectivity index (χ4v) is 1.75. The highest BCUT2D eigenvalue weighted by Crippen LogP contribution is 2.15. The van der Waals surface area contributed by atoms with E-state index in [9.17, 15) is 22.8 Å². The molecule has 1 unspecified atom stereocenters. The first kappa shape index (κ1) is 22.4. The summed E-state index contributed by atoms with van der Waals surface area (Å²) in [5.41, 5.74) is 5.72. The molecule has 0 aliphatic rings. The number of aliphatic carboxylic acids is 2. The predicted octanol–water partition coefficient (Wildman–Crippen LogP) is 1.89. The van der Waals surface area contributed by atoms with Crippen LogP contribution in [0.4, 0.5) is 19.0 Å². The molecule has 1 amide bonds. The van der Waals surface area contributed by atoms with Crippen molar-refractivity contribution in [3.8, 4) is 0 Å². The topological polar surface area (TPSA) is 134 Å². The lowest BCUT2D eigenvalue weighted by atomic mass is 10.2.